The van der Waals surface area contributed by atoms with Gasteiger partial charge in [-0.2, -0.15) is 0 Å². The highest BCUT2D eigenvalue weighted by molar-refractivity contribution is 5.75. The van der Waals surface area contributed by atoms with Gasteiger partial charge in [-0.1, -0.05) is 6.92 Å². The molecule has 0 heterocycles. The van der Waals surface area contributed by atoms with Crippen molar-refractivity contribution in [3.05, 3.63) is 0 Å². The Bertz CT molecular complexity index is 139. The molecule has 0 fully saturated rings. The van der Waals surface area contributed by atoms with E-state index in [1.165, 1.54) is 7.11 Å². The van der Waals surface area contributed by atoms with Gasteiger partial charge in [0, 0.05) is 6.54 Å². The minimum atomic E-state index is -0.296. The summed E-state index contributed by atoms with van der Waals surface area (Å²) >= 11 is 0. The number of carbonyl (C=O) groups excluding carboxylic acids is 1. The fourth-order valence-electron chi connectivity index (χ4n) is 1.10. The summed E-state index contributed by atoms with van der Waals surface area (Å²) in [6, 6.07) is -0.296. The summed E-state index contributed by atoms with van der Waals surface area (Å²) < 4.78 is 4.61. The molecule has 4 heteroatoms. The Morgan fingerprint density at radius 2 is 2.25 bits per heavy atom. The first-order valence-electron chi connectivity index (χ1n) is 4.15. The van der Waals surface area contributed by atoms with Gasteiger partial charge in [0.15, 0.2) is 0 Å². The molecule has 0 amide bonds. The van der Waals surface area contributed by atoms with E-state index in [1.807, 2.05) is 11.9 Å². The van der Waals surface area contributed by atoms with Crippen molar-refractivity contribution in [2.45, 2.75) is 19.4 Å². The van der Waals surface area contributed by atoms with Crippen molar-refractivity contribution in [1.29, 1.82) is 0 Å². The average Bonchev–Trinajstić information content (AvgIpc) is 2.06. The van der Waals surface area contributed by atoms with Gasteiger partial charge in [0.25, 0.3) is 0 Å². The van der Waals surface area contributed by atoms with Crippen LogP contribution in [0.3, 0.4) is 0 Å². The maximum absolute atomic E-state index is 11.1. The number of hydrogen-bond acceptors (Lipinski definition) is 4. The van der Waals surface area contributed by atoms with Gasteiger partial charge < -0.3 is 10.5 Å². The van der Waals surface area contributed by atoms with Gasteiger partial charge in [-0.25, -0.2) is 0 Å². The third-order valence-electron chi connectivity index (χ3n) is 1.80. The first-order chi connectivity index (χ1) is 5.67. The molecule has 0 spiro atoms. The molecular formula is C8H18N2O2. The molecule has 0 aromatic rings. The quantitative estimate of drug-likeness (QED) is 0.588. The van der Waals surface area contributed by atoms with Crippen LogP contribution < -0.4 is 5.73 Å². The minimum Gasteiger partial charge on any atom is -0.468 e. The zero-order chi connectivity index (χ0) is 9.56. The van der Waals surface area contributed by atoms with E-state index in [4.69, 9.17) is 5.73 Å². The van der Waals surface area contributed by atoms with Crippen molar-refractivity contribution in [2.24, 2.45) is 5.73 Å². The van der Waals surface area contributed by atoms with E-state index in [1.54, 1.807) is 0 Å². The molecular weight excluding hydrogens is 156 g/mol. The van der Waals surface area contributed by atoms with E-state index in [2.05, 4.69) is 11.7 Å². The first-order valence-corrected chi connectivity index (χ1v) is 4.15. The second-order valence-electron chi connectivity index (χ2n) is 2.76. The largest absolute Gasteiger partial charge is 0.468 e. The zero-order valence-electron chi connectivity index (χ0n) is 8.04. The number of esters is 1. The number of methoxy groups -OCH3 is 1. The monoisotopic (exact) mass is 174 g/mol. The van der Waals surface area contributed by atoms with Gasteiger partial charge in [-0.05, 0) is 20.0 Å². The van der Waals surface area contributed by atoms with Gasteiger partial charge in [0.05, 0.1) is 7.11 Å². The van der Waals surface area contributed by atoms with Gasteiger partial charge in [-0.3, -0.25) is 9.69 Å². The van der Waals surface area contributed by atoms with Crippen molar-refractivity contribution in [2.75, 3.05) is 27.2 Å². The standard InChI is InChI=1S/C8H18N2O2/c1-4-5-10(2)7(6-9)8(11)12-3/h7H,4-6,9H2,1-3H3. The normalized spacial score (nSPS) is 13.1. The zero-order valence-corrected chi connectivity index (χ0v) is 8.04. The summed E-state index contributed by atoms with van der Waals surface area (Å²) in [5.41, 5.74) is 5.44. The Balaban J connectivity index is 4.03. The molecule has 0 saturated carbocycles. The van der Waals surface area contributed by atoms with Crippen molar-refractivity contribution in [3.8, 4) is 0 Å². The molecule has 12 heavy (non-hydrogen) atoms. The summed E-state index contributed by atoms with van der Waals surface area (Å²) in [7, 11) is 3.25. The number of likely N-dealkylation sites (N-methyl/N-ethyl adjacent to an activating group) is 1. The van der Waals surface area contributed by atoms with Crippen LogP contribution in [0.25, 0.3) is 0 Å². The molecule has 0 aliphatic rings. The Morgan fingerprint density at radius 1 is 1.67 bits per heavy atom. The molecule has 0 rings (SSSR count). The SMILES string of the molecule is CCCN(C)C(CN)C(=O)OC. The highest BCUT2D eigenvalue weighted by Gasteiger charge is 2.21. The van der Waals surface area contributed by atoms with Gasteiger partial charge in [0.2, 0.25) is 0 Å². The predicted octanol–water partition coefficient (Wildman–Crippen LogP) is -0.171. The molecule has 0 aromatic carbocycles. The topological polar surface area (TPSA) is 55.6 Å². The molecule has 0 radical (unpaired) electrons. The van der Waals surface area contributed by atoms with Crippen molar-refractivity contribution in [3.63, 3.8) is 0 Å². The molecule has 0 aliphatic heterocycles. The summed E-state index contributed by atoms with van der Waals surface area (Å²) in [4.78, 5) is 13.0. The number of carbonyl (C=O) groups is 1. The minimum absolute atomic E-state index is 0.256. The van der Waals surface area contributed by atoms with Crippen LogP contribution in [0.15, 0.2) is 0 Å². The van der Waals surface area contributed by atoms with Gasteiger partial charge >= 0.3 is 5.97 Å². The molecule has 0 saturated heterocycles. The number of rotatable bonds is 5. The second-order valence-corrected chi connectivity index (χ2v) is 2.76. The molecule has 72 valence electrons. The van der Waals surface area contributed by atoms with Crippen LogP contribution >= 0.6 is 0 Å². The highest BCUT2D eigenvalue weighted by Crippen LogP contribution is 1.98. The highest BCUT2D eigenvalue weighted by atomic mass is 16.5. The Kier molecular flexibility index (Phi) is 5.66. The number of nitrogens with two attached hydrogens (primary N) is 1. The molecule has 0 aliphatic carbocycles. The number of ether oxygens (including phenoxy) is 1. The van der Waals surface area contributed by atoms with Crippen LogP contribution in [0.2, 0.25) is 0 Å². The fourth-order valence-corrected chi connectivity index (χ4v) is 1.10. The Hall–Kier alpha value is -0.610. The molecule has 1 atom stereocenters. The van der Waals surface area contributed by atoms with Crippen molar-refractivity contribution >= 4 is 5.97 Å². The summed E-state index contributed by atoms with van der Waals surface area (Å²) in [6.45, 7) is 3.22. The number of hydrogen-bond donors (Lipinski definition) is 1. The van der Waals surface area contributed by atoms with Gasteiger partial charge in [-0.15, -0.1) is 0 Å². The summed E-state index contributed by atoms with van der Waals surface area (Å²) in [5, 5.41) is 0. The maximum Gasteiger partial charge on any atom is 0.324 e. The molecule has 0 aromatic heterocycles. The Labute approximate surface area is 73.7 Å². The van der Waals surface area contributed by atoms with Crippen LogP contribution in [0.4, 0.5) is 0 Å². The predicted molar refractivity (Wildman–Crippen MR) is 47.8 cm³/mol. The van der Waals surface area contributed by atoms with E-state index in [-0.39, 0.29) is 12.0 Å². The smallest absolute Gasteiger partial charge is 0.324 e. The maximum atomic E-state index is 11.1. The second kappa shape index (κ2) is 5.97. The molecule has 1 unspecified atom stereocenters. The lowest BCUT2D eigenvalue weighted by molar-refractivity contribution is -0.146. The Morgan fingerprint density at radius 3 is 2.58 bits per heavy atom. The molecule has 0 bridgehead atoms. The van der Waals surface area contributed by atoms with Crippen molar-refractivity contribution in [1.82, 2.24) is 4.90 Å². The molecule has 4 nitrogen and oxygen atoms in total. The van der Waals surface area contributed by atoms with E-state index in [0.29, 0.717) is 6.54 Å². The molecule has 2 N–H and O–H groups in total. The van der Waals surface area contributed by atoms with Gasteiger partial charge in [0.1, 0.15) is 6.04 Å². The average molecular weight is 174 g/mol. The van der Waals surface area contributed by atoms with Crippen molar-refractivity contribution < 1.29 is 9.53 Å². The lowest BCUT2D eigenvalue weighted by atomic mass is 10.2. The van der Waals surface area contributed by atoms with E-state index in [0.717, 1.165) is 13.0 Å². The van der Waals surface area contributed by atoms with Crippen LogP contribution in [0.5, 0.6) is 0 Å². The lowest BCUT2D eigenvalue weighted by Crippen LogP contribution is -2.44. The third kappa shape index (κ3) is 3.19. The number of nitrogens with zero attached hydrogens (tertiary/aromatic N) is 1. The van der Waals surface area contributed by atoms with E-state index < -0.39 is 0 Å². The van der Waals surface area contributed by atoms with Crippen LogP contribution in [-0.4, -0.2) is 44.2 Å². The summed E-state index contributed by atoms with van der Waals surface area (Å²) in [5.74, 6) is -0.256. The van der Waals surface area contributed by atoms with Crippen LogP contribution in [0, 0.1) is 0 Å². The first kappa shape index (κ1) is 11.4. The fraction of sp³-hybridized carbons (Fsp3) is 0.875. The van der Waals surface area contributed by atoms with E-state index in [9.17, 15) is 4.79 Å². The van der Waals surface area contributed by atoms with E-state index >= 15 is 0 Å². The summed E-state index contributed by atoms with van der Waals surface area (Å²) in [6.07, 6.45) is 1.00. The van der Waals surface area contributed by atoms with Crippen LogP contribution in [0.1, 0.15) is 13.3 Å². The van der Waals surface area contributed by atoms with Crippen LogP contribution in [-0.2, 0) is 9.53 Å². The third-order valence-corrected chi connectivity index (χ3v) is 1.80. The lowest BCUT2D eigenvalue weighted by Gasteiger charge is -2.23.